The molecule has 0 saturated heterocycles. The number of aliphatic hydroxyl groups excluding tert-OH is 1. The summed E-state index contributed by atoms with van der Waals surface area (Å²) >= 11 is 0. The van der Waals surface area contributed by atoms with Crippen molar-refractivity contribution in [1.29, 1.82) is 0 Å². The second-order valence-electron chi connectivity index (χ2n) is 5.15. The third kappa shape index (κ3) is 3.71. The smallest absolute Gasteiger partial charge is 0.242 e. The van der Waals surface area contributed by atoms with Crippen LogP contribution in [-0.4, -0.2) is 32.2 Å². The molecule has 0 heterocycles. The summed E-state index contributed by atoms with van der Waals surface area (Å²) in [5.74, 6) is 0. The minimum absolute atomic E-state index is 0.214. The summed E-state index contributed by atoms with van der Waals surface area (Å²) in [5.41, 5.74) is 0.634. The molecule has 0 unspecified atom stereocenters. The number of anilines is 1. The standard InChI is InChI=1S/C14H22N2O3S/c1-2-15-20(18,19)14-6-4-3-5-13(14)16-11-7-9-12(17)10-8-11/h3-6,11-12,15-17H,2,7-10H2,1H3. The fourth-order valence-electron chi connectivity index (χ4n) is 2.53. The molecule has 1 aromatic carbocycles. The zero-order valence-corrected chi connectivity index (χ0v) is 12.5. The van der Waals surface area contributed by atoms with Crippen LogP contribution in [0, 0.1) is 0 Å². The Morgan fingerprint density at radius 3 is 2.50 bits per heavy atom. The fraction of sp³-hybridized carbons (Fsp3) is 0.571. The van der Waals surface area contributed by atoms with Gasteiger partial charge < -0.3 is 10.4 Å². The Hall–Kier alpha value is -1.11. The van der Waals surface area contributed by atoms with Gasteiger partial charge in [-0.2, -0.15) is 0 Å². The van der Waals surface area contributed by atoms with E-state index in [0.29, 0.717) is 12.2 Å². The van der Waals surface area contributed by atoms with Gasteiger partial charge in [0.1, 0.15) is 4.90 Å². The Morgan fingerprint density at radius 2 is 1.85 bits per heavy atom. The molecule has 0 radical (unpaired) electrons. The highest BCUT2D eigenvalue weighted by atomic mass is 32.2. The molecule has 0 atom stereocenters. The van der Waals surface area contributed by atoms with Crippen molar-refractivity contribution in [1.82, 2.24) is 4.72 Å². The number of para-hydroxylation sites is 1. The summed E-state index contributed by atoms with van der Waals surface area (Å²) in [6.45, 7) is 2.13. The molecule has 1 aliphatic carbocycles. The van der Waals surface area contributed by atoms with Crippen molar-refractivity contribution < 1.29 is 13.5 Å². The lowest BCUT2D eigenvalue weighted by Crippen LogP contribution is -2.30. The zero-order chi connectivity index (χ0) is 14.6. The Kier molecular flexibility index (Phi) is 5.01. The monoisotopic (exact) mass is 298 g/mol. The van der Waals surface area contributed by atoms with Gasteiger partial charge in [0.2, 0.25) is 10.0 Å². The van der Waals surface area contributed by atoms with Crippen LogP contribution < -0.4 is 10.0 Å². The molecule has 2 rings (SSSR count). The second-order valence-corrected chi connectivity index (χ2v) is 6.88. The summed E-state index contributed by atoms with van der Waals surface area (Å²) < 4.78 is 26.8. The number of aliphatic hydroxyl groups is 1. The number of rotatable bonds is 5. The molecule has 5 nitrogen and oxygen atoms in total. The van der Waals surface area contributed by atoms with Crippen LogP contribution in [0.1, 0.15) is 32.6 Å². The van der Waals surface area contributed by atoms with Crippen LogP contribution in [0.2, 0.25) is 0 Å². The van der Waals surface area contributed by atoms with Crippen LogP contribution in [0.5, 0.6) is 0 Å². The lowest BCUT2D eigenvalue weighted by Gasteiger charge is -2.27. The van der Waals surface area contributed by atoms with Gasteiger partial charge in [-0.1, -0.05) is 19.1 Å². The molecule has 0 spiro atoms. The van der Waals surface area contributed by atoms with E-state index in [1.807, 2.05) is 6.07 Å². The van der Waals surface area contributed by atoms with Crippen molar-refractivity contribution in [2.75, 3.05) is 11.9 Å². The average Bonchev–Trinajstić information content (AvgIpc) is 2.42. The van der Waals surface area contributed by atoms with E-state index in [1.54, 1.807) is 25.1 Å². The average molecular weight is 298 g/mol. The summed E-state index contributed by atoms with van der Waals surface area (Å²) in [4.78, 5) is 0.285. The van der Waals surface area contributed by atoms with Gasteiger partial charge in [0, 0.05) is 12.6 Å². The quantitative estimate of drug-likeness (QED) is 0.773. The number of hydrogen-bond acceptors (Lipinski definition) is 4. The van der Waals surface area contributed by atoms with Gasteiger partial charge in [0.25, 0.3) is 0 Å². The predicted molar refractivity (Wildman–Crippen MR) is 79.2 cm³/mol. The van der Waals surface area contributed by atoms with E-state index in [0.717, 1.165) is 25.7 Å². The molecule has 1 aromatic rings. The van der Waals surface area contributed by atoms with Crippen LogP contribution in [0.25, 0.3) is 0 Å². The maximum Gasteiger partial charge on any atom is 0.242 e. The molecule has 0 aromatic heterocycles. The molecule has 1 aliphatic rings. The highest BCUT2D eigenvalue weighted by Crippen LogP contribution is 2.26. The summed E-state index contributed by atoms with van der Waals surface area (Å²) in [6.07, 6.45) is 3.03. The van der Waals surface area contributed by atoms with E-state index < -0.39 is 10.0 Å². The summed E-state index contributed by atoms with van der Waals surface area (Å²) in [5, 5.41) is 12.8. The van der Waals surface area contributed by atoms with Crippen molar-refractivity contribution >= 4 is 15.7 Å². The third-order valence-electron chi connectivity index (χ3n) is 3.57. The van der Waals surface area contributed by atoms with Gasteiger partial charge in [0.15, 0.2) is 0 Å². The third-order valence-corrected chi connectivity index (χ3v) is 5.17. The first-order valence-electron chi connectivity index (χ1n) is 7.06. The van der Waals surface area contributed by atoms with Gasteiger partial charge in [-0.3, -0.25) is 0 Å². The molecule has 3 N–H and O–H groups in total. The summed E-state index contributed by atoms with van der Waals surface area (Å²) in [6, 6.07) is 7.16. The van der Waals surface area contributed by atoms with Gasteiger partial charge in [-0.25, -0.2) is 13.1 Å². The van der Waals surface area contributed by atoms with E-state index in [2.05, 4.69) is 10.0 Å². The first kappa shape index (κ1) is 15.3. The van der Waals surface area contributed by atoms with Gasteiger partial charge in [-0.15, -0.1) is 0 Å². The number of hydrogen-bond donors (Lipinski definition) is 3. The lowest BCUT2D eigenvalue weighted by atomic mass is 9.93. The number of benzene rings is 1. The highest BCUT2D eigenvalue weighted by molar-refractivity contribution is 7.89. The molecular formula is C14H22N2O3S. The van der Waals surface area contributed by atoms with E-state index in [-0.39, 0.29) is 17.0 Å². The molecular weight excluding hydrogens is 276 g/mol. The largest absolute Gasteiger partial charge is 0.393 e. The van der Waals surface area contributed by atoms with Crippen molar-refractivity contribution in [3.63, 3.8) is 0 Å². The first-order valence-corrected chi connectivity index (χ1v) is 8.54. The topological polar surface area (TPSA) is 78.4 Å². The van der Waals surface area contributed by atoms with E-state index in [9.17, 15) is 13.5 Å². The molecule has 20 heavy (non-hydrogen) atoms. The SMILES string of the molecule is CCNS(=O)(=O)c1ccccc1NC1CCC(O)CC1. The fourth-order valence-corrected chi connectivity index (χ4v) is 3.74. The van der Waals surface area contributed by atoms with Crippen LogP contribution >= 0.6 is 0 Å². The van der Waals surface area contributed by atoms with E-state index in [1.165, 1.54) is 0 Å². The summed E-state index contributed by atoms with van der Waals surface area (Å²) in [7, 11) is -3.46. The van der Waals surface area contributed by atoms with Crippen molar-refractivity contribution in [2.45, 2.75) is 49.6 Å². The Labute approximate surface area is 120 Å². The first-order chi connectivity index (χ1) is 9.53. The van der Waals surface area contributed by atoms with E-state index >= 15 is 0 Å². The predicted octanol–water partition coefficient (Wildman–Crippen LogP) is 1.70. The Balaban J connectivity index is 2.16. The Morgan fingerprint density at radius 1 is 1.20 bits per heavy atom. The van der Waals surface area contributed by atoms with Gasteiger partial charge in [0.05, 0.1) is 11.8 Å². The van der Waals surface area contributed by atoms with E-state index in [4.69, 9.17) is 0 Å². The maximum absolute atomic E-state index is 12.2. The Bertz CT molecular complexity index is 537. The second kappa shape index (κ2) is 6.56. The van der Waals surface area contributed by atoms with Crippen molar-refractivity contribution in [3.8, 4) is 0 Å². The van der Waals surface area contributed by atoms with Gasteiger partial charge >= 0.3 is 0 Å². The molecule has 0 bridgehead atoms. The van der Waals surface area contributed by atoms with Crippen LogP contribution in [0.3, 0.4) is 0 Å². The highest BCUT2D eigenvalue weighted by Gasteiger charge is 2.22. The lowest BCUT2D eigenvalue weighted by molar-refractivity contribution is 0.126. The minimum Gasteiger partial charge on any atom is -0.393 e. The van der Waals surface area contributed by atoms with Crippen molar-refractivity contribution in [2.24, 2.45) is 0 Å². The van der Waals surface area contributed by atoms with Gasteiger partial charge in [-0.05, 0) is 37.8 Å². The van der Waals surface area contributed by atoms with Crippen LogP contribution in [-0.2, 0) is 10.0 Å². The number of sulfonamides is 1. The number of nitrogens with one attached hydrogen (secondary N) is 2. The molecule has 1 fully saturated rings. The van der Waals surface area contributed by atoms with Crippen molar-refractivity contribution in [3.05, 3.63) is 24.3 Å². The molecule has 1 saturated carbocycles. The maximum atomic E-state index is 12.2. The molecule has 0 amide bonds. The van der Waals surface area contributed by atoms with Crippen LogP contribution in [0.15, 0.2) is 29.2 Å². The van der Waals surface area contributed by atoms with Crippen LogP contribution in [0.4, 0.5) is 5.69 Å². The molecule has 0 aliphatic heterocycles. The molecule has 6 heteroatoms. The minimum atomic E-state index is -3.46. The normalized spacial score (nSPS) is 23.5. The zero-order valence-electron chi connectivity index (χ0n) is 11.7. The molecule has 112 valence electrons.